The van der Waals surface area contributed by atoms with Crippen LogP contribution in [0.1, 0.15) is 0 Å². The molecule has 10 heteroatoms. The van der Waals surface area contributed by atoms with E-state index in [0.29, 0.717) is 49.4 Å². The molecule has 3 heterocycles. The molecule has 0 atom stereocenters. The number of sulfonamides is 1. The highest BCUT2D eigenvalue weighted by Crippen LogP contribution is 2.18. The van der Waals surface area contributed by atoms with Crippen molar-refractivity contribution in [3.05, 3.63) is 53.6 Å². The van der Waals surface area contributed by atoms with Gasteiger partial charge in [-0.15, -0.1) is 5.10 Å². The quantitative estimate of drug-likeness (QED) is 0.636. The van der Waals surface area contributed by atoms with Gasteiger partial charge in [-0.05, 0) is 36.5 Å². The van der Waals surface area contributed by atoms with Crippen molar-refractivity contribution in [3.63, 3.8) is 0 Å². The largest absolute Gasteiger partial charge is 0.459 e. The van der Waals surface area contributed by atoms with E-state index >= 15 is 0 Å². The lowest BCUT2D eigenvalue weighted by molar-refractivity contribution is -0.927. The summed E-state index contributed by atoms with van der Waals surface area (Å²) in [5.74, 6) is 0.864. The van der Waals surface area contributed by atoms with E-state index in [4.69, 9.17) is 21.1 Å². The van der Waals surface area contributed by atoms with Crippen LogP contribution in [0.25, 0.3) is 11.7 Å². The number of benzene rings is 1. The van der Waals surface area contributed by atoms with Crippen LogP contribution < -0.4 is 4.90 Å². The van der Waals surface area contributed by atoms with Gasteiger partial charge in [0.15, 0.2) is 12.4 Å². The van der Waals surface area contributed by atoms with E-state index < -0.39 is 10.0 Å². The predicted octanol–water partition coefficient (Wildman–Crippen LogP) is 1.01. The summed E-state index contributed by atoms with van der Waals surface area (Å²) >= 11 is 5.23. The number of quaternary nitrogens is 1. The van der Waals surface area contributed by atoms with E-state index in [2.05, 4.69) is 5.10 Å². The second-order valence-corrected chi connectivity index (χ2v) is 8.56. The summed E-state index contributed by atoms with van der Waals surface area (Å²) in [5, 5.41) is 4.36. The number of nitrogens with zero attached hydrogens (tertiary/aromatic N) is 3. The number of rotatable bonds is 5. The molecule has 2 aromatic heterocycles. The first-order valence-electron chi connectivity index (χ1n) is 8.54. The molecule has 0 aliphatic carbocycles. The lowest BCUT2D eigenvalue weighted by Crippen LogP contribution is -3.14. The van der Waals surface area contributed by atoms with Gasteiger partial charge in [-0.25, -0.2) is 8.42 Å². The summed E-state index contributed by atoms with van der Waals surface area (Å²) in [5.41, 5.74) is 0. The number of hydrogen-bond donors (Lipinski definition) is 1. The predicted molar refractivity (Wildman–Crippen MR) is 98.9 cm³/mol. The van der Waals surface area contributed by atoms with Gasteiger partial charge >= 0.3 is 0 Å². The maximum absolute atomic E-state index is 12.7. The number of nitrogens with one attached hydrogen (secondary N) is 1. The molecule has 1 N–H and O–H groups in total. The fraction of sp³-hybridized carbons (Fsp3) is 0.294. The smallest absolute Gasteiger partial charge is 0.292 e. The minimum atomic E-state index is -3.45. The number of aromatic nitrogens is 2. The van der Waals surface area contributed by atoms with Crippen LogP contribution in [0, 0.1) is 4.84 Å². The molecule has 0 amide bonds. The zero-order valence-electron chi connectivity index (χ0n) is 14.4. The van der Waals surface area contributed by atoms with E-state index in [-0.39, 0.29) is 4.84 Å². The van der Waals surface area contributed by atoms with Crippen molar-refractivity contribution >= 4 is 22.2 Å². The highest BCUT2D eigenvalue weighted by Gasteiger charge is 2.30. The number of hydrogen-bond acceptors (Lipinski definition) is 6. The van der Waals surface area contributed by atoms with E-state index in [0.717, 1.165) is 0 Å². The molecule has 1 aliphatic heterocycles. The van der Waals surface area contributed by atoms with Gasteiger partial charge in [-0.1, -0.05) is 18.2 Å². The zero-order valence-corrected chi connectivity index (χ0v) is 16.1. The SMILES string of the molecule is O=S(=O)(c1ccccc1)N1CC[NH+](Cn2nc(-c3ccco3)oc2=S)CC1. The molecule has 4 rings (SSSR count). The van der Waals surface area contributed by atoms with Crippen LogP contribution in [0.3, 0.4) is 0 Å². The Morgan fingerprint density at radius 3 is 2.52 bits per heavy atom. The molecule has 27 heavy (non-hydrogen) atoms. The molecule has 0 radical (unpaired) electrons. The van der Waals surface area contributed by atoms with E-state index in [1.165, 1.54) is 9.21 Å². The second kappa shape index (κ2) is 7.39. The Balaban J connectivity index is 1.41. The standard InChI is InChI=1S/C17H18N4O4S2/c22-27(23,14-5-2-1-3-6-14)20-10-8-19(9-11-20)13-21-17(26)25-16(18-21)15-7-4-12-24-15/h1-7,12H,8-11,13H2/p+1. The van der Waals surface area contributed by atoms with Crippen LogP contribution in [0.4, 0.5) is 0 Å². The van der Waals surface area contributed by atoms with Gasteiger partial charge in [0.2, 0.25) is 10.0 Å². The number of piperazine rings is 1. The highest BCUT2D eigenvalue weighted by molar-refractivity contribution is 7.89. The molecular formula is C17H19N4O4S2+. The van der Waals surface area contributed by atoms with Crippen LogP contribution in [-0.4, -0.2) is 48.7 Å². The van der Waals surface area contributed by atoms with Crippen molar-refractivity contribution in [3.8, 4) is 11.7 Å². The fourth-order valence-electron chi connectivity index (χ4n) is 3.06. The van der Waals surface area contributed by atoms with Crippen LogP contribution in [0.15, 0.2) is 62.5 Å². The summed E-state index contributed by atoms with van der Waals surface area (Å²) in [6, 6.07) is 12.0. The van der Waals surface area contributed by atoms with E-state index in [1.54, 1.807) is 53.4 Å². The molecule has 0 spiro atoms. The zero-order chi connectivity index (χ0) is 18.9. The van der Waals surface area contributed by atoms with Crippen LogP contribution in [0.2, 0.25) is 0 Å². The average molecular weight is 407 g/mol. The maximum Gasteiger partial charge on any atom is 0.292 e. The third-order valence-corrected chi connectivity index (χ3v) is 6.73. The van der Waals surface area contributed by atoms with Crippen LogP contribution >= 0.6 is 12.2 Å². The van der Waals surface area contributed by atoms with Crippen molar-refractivity contribution < 1.29 is 22.2 Å². The van der Waals surface area contributed by atoms with Crippen molar-refractivity contribution in [2.24, 2.45) is 0 Å². The number of furan rings is 1. The summed E-state index contributed by atoms with van der Waals surface area (Å²) in [6.07, 6.45) is 1.55. The topological polar surface area (TPSA) is 85.9 Å². The summed E-state index contributed by atoms with van der Waals surface area (Å²) in [6.45, 7) is 2.74. The highest BCUT2D eigenvalue weighted by atomic mass is 32.2. The first kappa shape index (κ1) is 18.1. The minimum Gasteiger partial charge on any atom is -0.459 e. The molecule has 1 saturated heterocycles. The van der Waals surface area contributed by atoms with Gasteiger partial charge in [-0.2, -0.15) is 8.99 Å². The third kappa shape index (κ3) is 3.74. The van der Waals surface area contributed by atoms with E-state index in [9.17, 15) is 8.42 Å². The summed E-state index contributed by atoms with van der Waals surface area (Å²) < 4.78 is 39.3. The summed E-state index contributed by atoms with van der Waals surface area (Å²) in [4.78, 5) is 1.79. The molecule has 142 valence electrons. The average Bonchev–Trinajstić information content (AvgIpc) is 3.33. The lowest BCUT2D eigenvalue weighted by atomic mass is 10.4. The van der Waals surface area contributed by atoms with Crippen molar-refractivity contribution in [2.75, 3.05) is 26.2 Å². The van der Waals surface area contributed by atoms with Gasteiger partial charge < -0.3 is 13.7 Å². The van der Waals surface area contributed by atoms with Crippen molar-refractivity contribution in [1.82, 2.24) is 14.1 Å². The maximum atomic E-state index is 12.7. The molecule has 1 aromatic carbocycles. The Morgan fingerprint density at radius 1 is 1.11 bits per heavy atom. The van der Waals surface area contributed by atoms with Gasteiger partial charge in [0.05, 0.1) is 37.3 Å². The Labute approximate surface area is 161 Å². The third-order valence-electron chi connectivity index (χ3n) is 4.52. The molecule has 0 unspecified atom stereocenters. The van der Waals surface area contributed by atoms with Crippen molar-refractivity contribution in [1.29, 1.82) is 0 Å². The van der Waals surface area contributed by atoms with Gasteiger partial charge in [0.1, 0.15) is 0 Å². The Kier molecular flexibility index (Phi) is 4.96. The fourth-order valence-corrected chi connectivity index (χ4v) is 4.71. The van der Waals surface area contributed by atoms with Gasteiger partial charge in [-0.3, -0.25) is 0 Å². The normalized spacial score (nSPS) is 16.6. The monoisotopic (exact) mass is 407 g/mol. The lowest BCUT2D eigenvalue weighted by Gasteiger charge is -2.31. The molecule has 0 bridgehead atoms. The van der Waals surface area contributed by atoms with Gasteiger partial charge in [0, 0.05) is 0 Å². The molecule has 1 fully saturated rings. The second-order valence-electron chi connectivity index (χ2n) is 6.28. The molecular weight excluding hydrogens is 388 g/mol. The summed E-state index contributed by atoms with van der Waals surface area (Å²) in [7, 11) is -3.45. The van der Waals surface area contributed by atoms with E-state index in [1.807, 2.05) is 0 Å². The molecule has 8 nitrogen and oxygen atoms in total. The van der Waals surface area contributed by atoms with Crippen LogP contribution in [-0.2, 0) is 16.7 Å². The Bertz CT molecular complexity index is 1050. The Morgan fingerprint density at radius 2 is 1.85 bits per heavy atom. The Hall–Kier alpha value is -2.27. The molecule has 1 aliphatic rings. The van der Waals surface area contributed by atoms with Gasteiger partial charge in [0.25, 0.3) is 10.7 Å². The first-order valence-corrected chi connectivity index (χ1v) is 10.4. The van der Waals surface area contributed by atoms with Crippen LogP contribution in [0.5, 0.6) is 0 Å². The molecule has 0 saturated carbocycles. The molecule has 3 aromatic rings. The first-order chi connectivity index (χ1) is 13.0. The van der Waals surface area contributed by atoms with Crippen molar-refractivity contribution in [2.45, 2.75) is 11.6 Å². The minimum absolute atomic E-state index is 0.272.